The van der Waals surface area contributed by atoms with Crippen molar-refractivity contribution in [3.8, 4) is 11.5 Å². The predicted octanol–water partition coefficient (Wildman–Crippen LogP) is 3.36. The molecule has 0 bridgehead atoms. The van der Waals surface area contributed by atoms with E-state index in [0.29, 0.717) is 0 Å². The Kier molecular flexibility index (Phi) is 4.63. The minimum atomic E-state index is 0.120. The van der Waals surface area contributed by atoms with E-state index in [2.05, 4.69) is 9.88 Å². The summed E-state index contributed by atoms with van der Waals surface area (Å²) in [5.41, 5.74) is 1.65. The Bertz CT molecular complexity index is 821. The summed E-state index contributed by atoms with van der Waals surface area (Å²) in [6.07, 6.45) is 1.66. The number of thiazole rings is 1. The lowest BCUT2D eigenvalue weighted by atomic mass is 10.2. The molecule has 3 aromatic rings. The van der Waals surface area contributed by atoms with Crippen molar-refractivity contribution in [2.24, 2.45) is 0 Å². The normalized spacial score (nSPS) is 15.4. The maximum Gasteiger partial charge on any atom is 0.253 e. The molecular weight excluding hydrogens is 334 g/mol. The van der Waals surface area contributed by atoms with Gasteiger partial charge in [-0.15, -0.1) is 11.3 Å². The molecule has 1 amide bonds. The molecule has 3 heterocycles. The van der Waals surface area contributed by atoms with Gasteiger partial charge in [0, 0.05) is 37.1 Å². The second-order valence-electron chi connectivity index (χ2n) is 6.04. The third-order valence-corrected chi connectivity index (χ3v) is 5.20. The summed E-state index contributed by atoms with van der Waals surface area (Å²) in [5, 5.41) is 3.11. The topological polar surface area (TPSA) is 49.6 Å². The fourth-order valence-electron chi connectivity index (χ4n) is 2.98. The van der Waals surface area contributed by atoms with Crippen LogP contribution in [0.25, 0.3) is 11.5 Å². The number of hydrogen-bond acceptors (Lipinski definition) is 5. The number of carbonyl (C=O) groups excluding carboxylic acids is 1. The van der Waals surface area contributed by atoms with Crippen molar-refractivity contribution in [2.75, 3.05) is 26.2 Å². The van der Waals surface area contributed by atoms with Gasteiger partial charge in [-0.3, -0.25) is 9.69 Å². The van der Waals surface area contributed by atoms with Gasteiger partial charge in [0.15, 0.2) is 5.76 Å². The van der Waals surface area contributed by atoms with Crippen molar-refractivity contribution in [1.82, 2.24) is 14.8 Å². The van der Waals surface area contributed by atoms with Crippen molar-refractivity contribution >= 4 is 17.2 Å². The molecule has 4 rings (SSSR count). The number of aromatic nitrogens is 1. The summed E-state index contributed by atoms with van der Waals surface area (Å²) in [6, 6.07) is 13.3. The monoisotopic (exact) mass is 353 g/mol. The molecule has 6 heteroatoms. The Hall–Kier alpha value is -2.44. The Morgan fingerprint density at radius 1 is 1.08 bits per heavy atom. The Labute approximate surface area is 150 Å². The van der Waals surface area contributed by atoms with Gasteiger partial charge < -0.3 is 9.32 Å². The van der Waals surface area contributed by atoms with Crippen LogP contribution >= 0.6 is 11.3 Å². The number of benzene rings is 1. The highest BCUT2D eigenvalue weighted by Gasteiger charge is 2.22. The van der Waals surface area contributed by atoms with Gasteiger partial charge in [-0.2, -0.15) is 0 Å². The van der Waals surface area contributed by atoms with E-state index >= 15 is 0 Å². The molecule has 128 valence electrons. The molecular formula is C19H19N3O2S. The zero-order valence-electron chi connectivity index (χ0n) is 13.8. The van der Waals surface area contributed by atoms with Crippen molar-refractivity contribution in [3.63, 3.8) is 0 Å². The highest BCUT2D eigenvalue weighted by molar-refractivity contribution is 7.09. The van der Waals surface area contributed by atoms with Crippen molar-refractivity contribution in [1.29, 1.82) is 0 Å². The van der Waals surface area contributed by atoms with Gasteiger partial charge in [-0.25, -0.2) is 4.98 Å². The number of carbonyl (C=O) groups is 1. The average molecular weight is 353 g/mol. The van der Waals surface area contributed by atoms with E-state index in [9.17, 15) is 4.79 Å². The predicted molar refractivity (Wildman–Crippen MR) is 97.4 cm³/mol. The standard InChI is InChI=1S/C19H19N3O2S/c23-19(15-5-2-1-3-6-15)22-10-8-21(9-11-22)13-18-20-16(14-25-18)17-7-4-12-24-17/h1-7,12,14H,8-11,13H2. The first-order valence-electron chi connectivity index (χ1n) is 8.34. The quantitative estimate of drug-likeness (QED) is 0.722. The van der Waals surface area contributed by atoms with Gasteiger partial charge in [0.25, 0.3) is 5.91 Å². The van der Waals surface area contributed by atoms with Crippen LogP contribution in [0.1, 0.15) is 15.4 Å². The number of piperazine rings is 1. The smallest absolute Gasteiger partial charge is 0.253 e. The van der Waals surface area contributed by atoms with Gasteiger partial charge in [0.2, 0.25) is 0 Å². The maximum absolute atomic E-state index is 12.5. The highest BCUT2D eigenvalue weighted by atomic mass is 32.1. The van der Waals surface area contributed by atoms with Gasteiger partial charge >= 0.3 is 0 Å². The molecule has 1 fully saturated rings. The molecule has 25 heavy (non-hydrogen) atoms. The number of furan rings is 1. The lowest BCUT2D eigenvalue weighted by Crippen LogP contribution is -2.48. The van der Waals surface area contributed by atoms with E-state index in [4.69, 9.17) is 4.42 Å². The molecule has 1 saturated heterocycles. The molecule has 0 aliphatic carbocycles. The first-order chi connectivity index (χ1) is 12.3. The molecule has 0 unspecified atom stereocenters. The van der Waals surface area contributed by atoms with Crippen molar-refractivity contribution < 1.29 is 9.21 Å². The lowest BCUT2D eigenvalue weighted by Gasteiger charge is -2.34. The number of hydrogen-bond donors (Lipinski definition) is 0. The Morgan fingerprint density at radius 3 is 2.60 bits per heavy atom. The van der Waals surface area contributed by atoms with Gasteiger partial charge in [-0.05, 0) is 24.3 Å². The third-order valence-electron chi connectivity index (χ3n) is 4.36. The van der Waals surface area contributed by atoms with Crippen LogP contribution in [-0.2, 0) is 6.54 Å². The largest absolute Gasteiger partial charge is 0.463 e. The van der Waals surface area contributed by atoms with Gasteiger partial charge in [-0.1, -0.05) is 18.2 Å². The first-order valence-corrected chi connectivity index (χ1v) is 9.22. The zero-order chi connectivity index (χ0) is 17.1. The summed E-state index contributed by atoms with van der Waals surface area (Å²) < 4.78 is 5.39. The molecule has 2 aromatic heterocycles. The molecule has 0 N–H and O–H groups in total. The minimum Gasteiger partial charge on any atom is -0.463 e. The average Bonchev–Trinajstić information content (AvgIpc) is 3.34. The van der Waals surface area contributed by atoms with Crippen LogP contribution in [0.2, 0.25) is 0 Å². The fraction of sp³-hybridized carbons (Fsp3) is 0.263. The fourth-order valence-corrected chi connectivity index (χ4v) is 3.81. The highest BCUT2D eigenvalue weighted by Crippen LogP contribution is 2.23. The molecule has 0 saturated carbocycles. The van der Waals surface area contributed by atoms with E-state index in [1.165, 1.54) is 0 Å². The van der Waals surface area contributed by atoms with Crippen molar-refractivity contribution in [3.05, 3.63) is 64.7 Å². The lowest BCUT2D eigenvalue weighted by molar-refractivity contribution is 0.0628. The van der Waals surface area contributed by atoms with E-state index in [0.717, 1.165) is 54.7 Å². The summed E-state index contributed by atoms with van der Waals surface area (Å²) >= 11 is 1.65. The Morgan fingerprint density at radius 2 is 1.88 bits per heavy atom. The molecule has 0 atom stereocenters. The second kappa shape index (κ2) is 7.21. The van der Waals surface area contributed by atoms with Crippen molar-refractivity contribution in [2.45, 2.75) is 6.54 Å². The second-order valence-corrected chi connectivity index (χ2v) is 6.98. The molecule has 5 nitrogen and oxygen atoms in total. The van der Waals surface area contributed by atoms with E-state index in [-0.39, 0.29) is 5.91 Å². The van der Waals surface area contributed by atoms with Gasteiger partial charge in [0.1, 0.15) is 10.7 Å². The number of rotatable bonds is 4. The molecule has 0 spiro atoms. The van der Waals surface area contributed by atoms with Crippen LogP contribution < -0.4 is 0 Å². The Balaban J connectivity index is 1.33. The van der Waals surface area contributed by atoms with Crippen LogP contribution in [0.3, 0.4) is 0 Å². The third kappa shape index (κ3) is 3.65. The molecule has 0 radical (unpaired) electrons. The number of nitrogens with zero attached hydrogens (tertiary/aromatic N) is 3. The summed E-state index contributed by atoms with van der Waals surface area (Å²) in [6.45, 7) is 4.06. The summed E-state index contributed by atoms with van der Waals surface area (Å²) in [7, 11) is 0. The zero-order valence-corrected chi connectivity index (χ0v) is 14.6. The van der Waals surface area contributed by atoms with Crippen LogP contribution in [0.15, 0.2) is 58.5 Å². The molecule has 1 aromatic carbocycles. The molecule has 1 aliphatic heterocycles. The summed E-state index contributed by atoms with van der Waals surface area (Å²) in [4.78, 5) is 21.4. The minimum absolute atomic E-state index is 0.120. The van der Waals surface area contributed by atoms with E-state index < -0.39 is 0 Å². The first kappa shape index (κ1) is 16.1. The van der Waals surface area contributed by atoms with Crippen LogP contribution in [0, 0.1) is 0 Å². The maximum atomic E-state index is 12.5. The molecule has 1 aliphatic rings. The van der Waals surface area contributed by atoms with E-state index in [1.807, 2.05) is 52.7 Å². The van der Waals surface area contributed by atoms with E-state index in [1.54, 1.807) is 17.6 Å². The van der Waals surface area contributed by atoms with Gasteiger partial charge in [0.05, 0.1) is 12.8 Å². The van der Waals surface area contributed by atoms with Crippen LogP contribution in [-0.4, -0.2) is 46.9 Å². The SMILES string of the molecule is O=C(c1ccccc1)N1CCN(Cc2nc(-c3ccco3)cs2)CC1. The van der Waals surface area contributed by atoms with Crippen LogP contribution in [0.5, 0.6) is 0 Å². The summed E-state index contributed by atoms with van der Waals surface area (Å²) in [5.74, 6) is 0.926. The van der Waals surface area contributed by atoms with Crippen LogP contribution in [0.4, 0.5) is 0 Å². The number of amides is 1.